The number of rotatable bonds is 4. The van der Waals surface area contributed by atoms with E-state index in [1.165, 1.54) is 0 Å². The van der Waals surface area contributed by atoms with Crippen molar-refractivity contribution in [1.82, 2.24) is 10.2 Å². The van der Waals surface area contributed by atoms with Gasteiger partial charge in [-0.25, -0.2) is 0 Å². The van der Waals surface area contributed by atoms with Crippen LogP contribution in [0.15, 0.2) is 0 Å². The van der Waals surface area contributed by atoms with Gasteiger partial charge in [0.2, 0.25) is 5.91 Å². The van der Waals surface area contributed by atoms with Gasteiger partial charge in [0.1, 0.15) is 0 Å². The third kappa shape index (κ3) is 4.07. The van der Waals surface area contributed by atoms with Crippen LogP contribution in [0.2, 0.25) is 0 Å². The van der Waals surface area contributed by atoms with Crippen molar-refractivity contribution in [3.05, 3.63) is 0 Å². The van der Waals surface area contributed by atoms with Crippen molar-refractivity contribution in [3.8, 4) is 0 Å². The van der Waals surface area contributed by atoms with Gasteiger partial charge in [0, 0.05) is 32.1 Å². The minimum absolute atomic E-state index is 0.145. The molecule has 82 valence electrons. The van der Waals surface area contributed by atoms with Crippen LogP contribution >= 0.6 is 0 Å². The zero-order chi connectivity index (χ0) is 10.4. The van der Waals surface area contributed by atoms with E-state index in [1.807, 2.05) is 6.92 Å². The molecule has 14 heavy (non-hydrogen) atoms. The van der Waals surface area contributed by atoms with Crippen LogP contribution in [-0.2, 0) is 4.79 Å². The highest BCUT2D eigenvalue weighted by Gasteiger charge is 2.16. The van der Waals surface area contributed by atoms with Crippen molar-refractivity contribution >= 4 is 5.91 Å². The van der Waals surface area contributed by atoms with E-state index in [4.69, 9.17) is 5.73 Å². The van der Waals surface area contributed by atoms with Crippen molar-refractivity contribution in [2.75, 3.05) is 26.2 Å². The van der Waals surface area contributed by atoms with E-state index >= 15 is 0 Å². The minimum atomic E-state index is 0.145. The smallest absolute Gasteiger partial charge is 0.221 e. The number of nitrogens with zero attached hydrogens (tertiary/aromatic N) is 1. The average molecular weight is 199 g/mol. The lowest BCUT2D eigenvalue weighted by molar-refractivity contribution is -0.121. The molecule has 0 radical (unpaired) electrons. The second kappa shape index (κ2) is 5.98. The second-order valence-electron chi connectivity index (χ2n) is 3.91. The van der Waals surface area contributed by atoms with Gasteiger partial charge in [0.25, 0.3) is 0 Å². The van der Waals surface area contributed by atoms with E-state index in [9.17, 15) is 4.79 Å². The Hall–Kier alpha value is -0.610. The lowest BCUT2D eigenvalue weighted by Crippen LogP contribution is -2.44. The summed E-state index contributed by atoms with van der Waals surface area (Å²) in [6.07, 6.45) is 2.88. The Balaban J connectivity index is 2.14. The topological polar surface area (TPSA) is 58.4 Å². The fraction of sp³-hybridized carbons (Fsp3) is 0.900. The summed E-state index contributed by atoms with van der Waals surface area (Å²) in [5.41, 5.74) is 5.85. The molecule has 4 nitrogen and oxygen atoms in total. The molecular formula is C10H21N3O. The number of amides is 1. The summed E-state index contributed by atoms with van der Waals surface area (Å²) in [5, 5.41) is 2.80. The van der Waals surface area contributed by atoms with Crippen LogP contribution in [0.25, 0.3) is 0 Å². The number of likely N-dealkylation sites (tertiary alicyclic amines) is 1. The molecule has 1 heterocycles. The Morgan fingerprint density at radius 2 is 2.43 bits per heavy atom. The number of hydrogen-bond donors (Lipinski definition) is 2. The van der Waals surface area contributed by atoms with Crippen LogP contribution in [0.3, 0.4) is 0 Å². The van der Waals surface area contributed by atoms with Gasteiger partial charge in [-0.3, -0.25) is 4.79 Å². The molecule has 0 aromatic carbocycles. The monoisotopic (exact) mass is 199 g/mol. The van der Waals surface area contributed by atoms with E-state index in [0.717, 1.165) is 39.0 Å². The molecule has 0 spiro atoms. The van der Waals surface area contributed by atoms with E-state index in [2.05, 4.69) is 10.2 Å². The van der Waals surface area contributed by atoms with Crippen molar-refractivity contribution in [2.24, 2.45) is 5.73 Å². The minimum Gasteiger partial charge on any atom is -0.356 e. The summed E-state index contributed by atoms with van der Waals surface area (Å²) >= 11 is 0. The van der Waals surface area contributed by atoms with Gasteiger partial charge in [0.05, 0.1) is 0 Å². The number of carbonyl (C=O) groups is 1. The molecule has 1 aliphatic heterocycles. The normalized spacial score (nSPS) is 23.4. The van der Waals surface area contributed by atoms with Gasteiger partial charge in [-0.05, 0) is 26.3 Å². The van der Waals surface area contributed by atoms with Gasteiger partial charge in [-0.1, -0.05) is 0 Å². The molecule has 0 bridgehead atoms. The van der Waals surface area contributed by atoms with Gasteiger partial charge in [0.15, 0.2) is 0 Å². The highest BCUT2D eigenvalue weighted by atomic mass is 16.1. The number of hydrogen-bond acceptors (Lipinski definition) is 3. The molecule has 1 rings (SSSR count). The molecule has 0 saturated carbocycles. The Bertz CT molecular complexity index is 184. The Morgan fingerprint density at radius 3 is 3.07 bits per heavy atom. The van der Waals surface area contributed by atoms with Gasteiger partial charge in [-0.15, -0.1) is 0 Å². The summed E-state index contributed by atoms with van der Waals surface area (Å²) in [4.78, 5) is 13.5. The molecule has 3 N–H and O–H groups in total. The summed E-state index contributed by atoms with van der Waals surface area (Å²) in [5.74, 6) is 0.145. The number of nitrogens with one attached hydrogen (secondary N) is 1. The molecule has 1 amide bonds. The van der Waals surface area contributed by atoms with Crippen molar-refractivity contribution in [3.63, 3.8) is 0 Å². The van der Waals surface area contributed by atoms with Crippen LogP contribution in [0.4, 0.5) is 0 Å². The third-order valence-corrected chi connectivity index (χ3v) is 2.57. The predicted octanol–water partition coefficient (Wildman–Crippen LogP) is -0.0643. The maximum Gasteiger partial charge on any atom is 0.221 e. The summed E-state index contributed by atoms with van der Waals surface area (Å²) in [6, 6.07) is 0.304. The largest absolute Gasteiger partial charge is 0.356 e. The van der Waals surface area contributed by atoms with Crippen molar-refractivity contribution in [2.45, 2.75) is 32.2 Å². The van der Waals surface area contributed by atoms with Gasteiger partial charge >= 0.3 is 0 Å². The highest BCUT2D eigenvalue weighted by Crippen LogP contribution is 2.07. The maximum absolute atomic E-state index is 11.2. The van der Waals surface area contributed by atoms with E-state index in [0.29, 0.717) is 12.5 Å². The molecule has 4 heteroatoms. The fourth-order valence-corrected chi connectivity index (χ4v) is 1.84. The number of piperidine rings is 1. The molecule has 1 atom stereocenters. The van der Waals surface area contributed by atoms with Crippen LogP contribution in [0, 0.1) is 0 Å². The SMILES string of the molecule is CCNC(=O)CCN1CCCC(N)C1. The number of carbonyl (C=O) groups excluding carboxylic acids is 1. The van der Waals surface area contributed by atoms with E-state index in [-0.39, 0.29) is 5.91 Å². The highest BCUT2D eigenvalue weighted by molar-refractivity contribution is 5.75. The Kier molecular flexibility index (Phi) is 4.90. The quantitative estimate of drug-likeness (QED) is 0.666. The molecule has 1 fully saturated rings. The summed E-state index contributed by atoms with van der Waals surface area (Å²) in [7, 11) is 0. The zero-order valence-electron chi connectivity index (χ0n) is 8.96. The van der Waals surface area contributed by atoms with Gasteiger partial charge < -0.3 is 16.0 Å². The molecule has 0 aliphatic carbocycles. The molecule has 1 unspecified atom stereocenters. The van der Waals surface area contributed by atoms with Crippen LogP contribution in [-0.4, -0.2) is 43.0 Å². The first-order chi connectivity index (χ1) is 6.72. The fourth-order valence-electron chi connectivity index (χ4n) is 1.84. The van der Waals surface area contributed by atoms with Gasteiger partial charge in [-0.2, -0.15) is 0 Å². The van der Waals surface area contributed by atoms with Crippen LogP contribution in [0.5, 0.6) is 0 Å². The first-order valence-corrected chi connectivity index (χ1v) is 5.47. The Labute approximate surface area is 85.8 Å². The molecule has 1 aliphatic rings. The van der Waals surface area contributed by atoms with Crippen molar-refractivity contribution < 1.29 is 4.79 Å². The average Bonchev–Trinajstić information content (AvgIpc) is 2.15. The second-order valence-corrected chi connectivity index (χ2v) is 3.91. The maximum atomic E-state index is 11.2. The van der Waals surface area contributed by atoms with Crippen molar-refractivity contribution in [1.29, 1.82) is 0 Å². The lowest BCUT2D eigenvalue weighted by Gasteiger charge is -2.30. The number of nitrogens with two attached hydrogens (primary N) is 1. The summed E-state index contributed by atoms with van der Waals surface area (Å²) in [6.45, 7) is 5.54. The molecule has 1 saturated heterocycles. The van der Waals surface area contributed by atoms with Crippen LogP contribution in [0.1, 0.15) is 26.2 Å². The molecule has 0 aromatic rings. The van der Waals surface area contributed by atoms with E-state index < -0.39 is 0 Å². The molecule has 0 aromatic heterocycles. The standard InChI is InChI=1S/C10H21N3O/c1-2-12-10(14)5-7-13-6-3-4-9(11)8-13/h9H,2-8,11H2,1H3,(H,12,14). The Morgan fingerprint density at radius 1 is 1.64 bits per heavy atom. The first-order valence-electron chi connectivity index (χ1n) is 5.47. The third-order valence-electron chi connectivity index (χ3n) is 2.57. The van der Waals surface area contributed by atoms with E-state index in [1.54, 1.807) is 0 Å². The summed E-state index contributed by atoms with van der Waals surface area (Å²) < 4.78 is 0. The lowest BCUT2D eigenvalue weighted by atomic mass is 10.1. The zero-order valence-corrected chi connectivity index (χ0v) is 8.96. The molecular weight excluding hydrogens is 178 g/mol. The van der Waals surface area contributed by atoms with Crippen LogP contribution < -0.4 is 11.1 Å². The first kappa shape index (κ1) is 11.5. The predicted molar refractivity (Wildman–Crippen MR) is 57.0 cm³/mol.